The molecule has 0 radical (unpaired) electrons. The predicted octanol–water partition coefficient (Wildman–Crippen LogP) is 2.68. The van der Waals surface area contributed by atoms with Gasteiger partial charge in [0.1, 0.15) is 0 Å². The summed E-state index contributed by atoms with van der Waals surface area (Å²) in [5.41, 5.74) is 3.57. The predicted molar refractivity (Wildman–Crippen MR) is 74.3 cm³/mol. The van der Waals surface area contributed by atoms with Crippen molar-refractivity contribution in [1.29, 1.82) is 0 Å². The highest BCUT2D eigenvalue weighted by Crippen LogP contribution is 2.19. The van der Waals surface area contributed by atoms with Gasteiger partial charge in [-0.05, 0) is 43.7 Å². The van der Waals surface area contributed by atoms with E-state index < -0.39 is 0 Å². The molecule has 0 aliphatic heterocycles. The maximum Gasteiger partial charge on any atom is 0.243 e. The Morgan fingerprint density at radius 1 is 1.39 bits per heavy atom. The molecule has 1 amide bonds. The van der Waals surface area contributed by atoms with Gasteiger partial charge in [0.15, 0.2) is 0 Å². The molecule has 3 heteroatoms. The first kappa shape index (κ1) is 12.4. The third-order valence-corrected chi connectivity index (χ3v) is 3.13. The molecule has 0 bridgehead atoms. The van der Waals surface area contributed by atoms with Crippen molar-refractivity contribution in [1.82, 2.24) is 9.88 Å². The van der Waals surface area contributed by atoms with E-state index in [0.717, 1.165) is 5.56 Å². The van der Waals surface area contributed by atoms with Crippen molar-refractivity contribution >= 4 is 16.8 Å². The van der Waals surface area contributed by atoms with Gasteiger partial charge in [0.25, 0.3) is 0 Å². The fourth-order valence-electron chi connectivity index (χ4n) is 2.05. The minimum atomic E-state index is -0.0539. The first-order valence-corrected chi connectivity index (χ1v) is 6.07. The van der Waals surface area contributed by atoms with E-state index in [-0.39, 0.29) is 5.91 Å². The third-order valence-electron chi connectivity index (χ3n) is 3.13. The first-order chi connectivity index (χ1) is 8.61. The zero-order chi connectivity index (χ0) is 13.1. The number of fused-ring (bicyclic) bond motifs is 1. The van der Waals surface area contributed by atoms with Crippen LogP contribution in [0.3, 0.4) is 0 Å². The summed E-state index contributed by atoms with van der Waals surface area (Å²) < 4.78 is 2.16. The minimum absolute atomic E-state index is 0.0539. The number of hydrogen-bond acceptors (Lipinski definition) is 1. The molecule has 2 rings (SSSR count). The van der Waals surface area contributed by atoms with Gasteiger partial charge in [-0.1, -0.05) is 12.1 Å². The van der Waals surface area contributed by atoms with Crippen molar-refractivity contribution in [2.24, 2.45) is 7.05 Å². The van der Waals surface area contributed by atoms with E-state index in [1.54, 1.807) is 6.08 Å². The van der Waals surface area contributed by atoms with Gasteiger partial charge in [-0.3, -0.25) is 4.79 Å². The maximum atomic E-state index is 11.3. The molecule has 3 nitrogen and oxygen atoms in total. The lowest BCUT2D eigenvalue weighted by Crippen LogP contribution is -2.20. The number of benzene rings is 1. The molecule has 0 saturated heterocycles. The van der Waals surface area contributed by atoms with Crippen LogP contribution in [0.2, 0.25) is 0 Å². The largest absolute Gasteiger partial charge is 0.348 e. The van der Waals surface area contributed by atoms with E-state index in [2.05, 4.69) is 48.1 Å². The highest BCUT2D eigenvalue weighted by molar-refractivity contribution is 5.87. The van der Waals surface area contributed by atoms with Crippen LogP contribution in [0.4, 0.5) is 0 Å². The second-order valence-corrected chi connectivity index (χ2v) is 4.46. The van der Waals surface area contributed by atoms with Crippen LogP contribution in [-0.2, 0) is 18.4 Å². The first-order valence-electron chi connectivity index (χ1n) is 6.07. The summed E-state index contributed by atoms with van der Waals surface area (Å²) in [6.45, 7) is 4.49. The van der Waals surface area contributed by atoms with Crippen molar-refractivity contribution in [3.8, 4) is 0 Å². The van der Waals surface area contributed by atoms with E-state index in [1.807, 2.05) is 6.92 Å². The van der Waals surface area contributed by atoms with E-state index in [0.29, 0.717) is 6.54 Å². The van der Waals surface area contributed by atoms with Crippen LogP contribution in [0.1, 0.15) is 18.2 Å². The van der Waals surface area contributed by atoms with Gasteiger partial charge in [0, 0.05) is 30.2 Å². The van der Waals surface area contributed by atoms with Crippen LogP contribution >= 0.6 is 0 Å². The molecule has 1 aromatic heterocycles. The number of aryl methyl sites for hydroxylation is 2. The second-order valence-electron chi connectivity index (χ2n) is 4.46. The summed E-state index contributed by atoms with van der Waals surface area (Å²) in [5, 5.41) is 4.07. The molecule has 1 N–H and O–H groups in total. The van der Waals surface area contributed by atoms with Crippen LogP contribution in [0, 0.1) is 6.92 Å². The Bertz CT molecular complexity index is 608. The molecule has 0 atom stereocenters. The Balaban J connectivity index is 2.18. The molecule has 0 unspecified atom stereocenters. The van der Waals surface area contributed by atoms with Crippen LogP contribution < -0.4 is 5.32 Å². The molecular weight excluding hydrogens is 224 g/mol. The van der Waals surface area contributed by atoms with Crippen molar-refractivity contribution in [3.63, 3.8) is 0 Å². The fraction of sp³-hybridized carbons (Fsp3) is 0.267. The van der Waals surface area contributed by atoms with Gasteiger partial charge in [0.05, 0.1) is 0 Å². The fourth-order valence-corrected chi connectivity index (χ4v) is 2.05. The van der Waals surface area contributed by atoms with E-state index >= 15 is 0 Å². The summed E-state index contributed by atoms with van der Waals surface area (Å²) in [6.07, 6.45) is 3.27. The van der Waals surface area contributed by atoms with Gasteiger partial charge in [-0.25, -0.2) is 0 Å². The molecular formula is C15H18N2O. The molecule has 0 fully saturated rings. The number of nitrogens with one attached hydrogen (secondary N) is 1. The molecule has 18 heavy (non-hydrogen) atoms. The SMILES string of the molecule is C/C=C/C(=O)NCc1ccc2c(c1)cc(C)n2C. The van der Waals surface area contributed by atoms with Crippen molar-refractivity contribution in [3.05, 3.63) is 47.7 Å². The number of carbonyl (C=O) groups excluding carboxylic acids is 1. The van der Waals surface area contributed by atoms with Gasteiger partial charge in [0.2, 0.25) is 5.91 Å². The Kier molecular flexibility index (Phi) is 3.51. The normalized spacial score (nSPS) is 11.3. The average molecular weight is 242 g/mol. The number of nitrogens with zero attached hydrogens (tertiary/aromatic N) is 1. The Hall–Kier alpha value is -2.03. The molecule has 0 spiro atoms. The standard InChI is InChI=1S/C15H18N2O/c1-4-5-15(18)16-10-12-6-7-14-13(9-12)8-11(2)17(14)3/h4-9H,10H2,1-3H3,(H,16,18)/b5-4+. The van der Waals surface area contributed by atoms with Crippen molar-refractivity contribution < 1.29 is 4.79 Å². The molecule has 1 heterocycles. The summed E-state index contributed by atoms with van der Waals surface area (Å²) in [5.74, 6) is -0.0539. The van der Waals surface area contributed by atoms with Gasteiger partial charge in [-0.15, -0.1) is 0 Å². The number of allylic oxidation sites excluding steroid dienone is 1. The van der Waals surface area contributed by atoms with Gasteiger partial charge < -0.3 is 9.88 Å². The molecule has 94 valence electrons. The summed E-state index contributed by atoms with van der Waals surface area (Å²) in [7, 11) is 2.06. The molecule has 0 saturated carbocycles. The highest BCUT2D eigenvalue weighted by atomic mass is 16.1. The maximum absolute atomic E-state index is 11.3. The summed E-state index contributed by atoms with van der Waals surface area (Å²) in [6, 6.07) is 8.43. The summed E-state index contributed by atoms with van der Waals surface area (Å²) >= 11 is 0. The van der Waals surface area contributed by atoms with Gasteiger partial charge in [-0.2, -0.15) is 0 Å². The Morgan fingerprint density at radius 3 is 2.89 bits per heavy atom. The molecule has 0 aliphatic rings. The smallest absolute Gasteiger partial charge is 0.243 e. The monoisotopic (exact) mass is 242 g/mol. The van der Waals surface area contributed by atoms with E-state index in [4.69, 9.17) is 0 Å². The molecule has 1 aromatic carbocycles. The Labute approximate surface area is 107 Å². The van der Waals surface area contributed by atoms with Crippen molar-refractivity contribution in [2.75, 3.05) is 0 Å². The number of rotatable bonds is 3. The van der Waals surface area contributed by atoms with Crippen LogP contribution in [0.25, 0.3) is 10.9 Å². The Morgan fingerprint density at radius 2 is 2.17 bits per heavy atom. The minimum Gasteiger partial charge on any atom is -0.348 e. The van der Waals surface area contributed by atoms with Crippen molar-refractivity contribution in [2.45, 2.75) is 20.4 Å². The average Bonchev–Trinajstić information content (AvgIpc) is 2.63. The van der Waals surface area contributed by atoms with Crippen LogP contribution in [-0.4, -0.2) is 10.5 Å². The number of carbonyl (C=O) groups is 1. The number of amides is 1. The quantitative estimate of drug-likeness (QED) is 0.825. The topological polar surface area (TPSA) is 34.0 Å². The van der Waals surface area contributed by atoms with E-state index in [9.17, 15) is 4.79 Å². The lowest BCUT2D eigenvalue weighted by atomic mass is 10.1. The zero-order valence-electron chi connectivity index (χ0n) is 11.0. The molecule has 2 aromatic rings. The highest BCUT2D eigenvalue weighted by Gasteiger charge is 2.03. The molecule has 0 aliphatic carbocycles. The number of hydrogen-bond donors (Lipinski definition) is 1. The third kappa shape index (κ3) is 2.45. The van der Waals surface area contributed by atoms with Gasteiger partial charge >= 0.3 is 0 Å². The van der Waals surface area contributed by atoms with E-state index in [1.165, 1.54) is 22.7 Å². The summed E-state index contributed by atoms with van der Waals surface area (Å²) in [4.78, 5) is 11.3. The zero-order valence-corrected chi connectivity index (χ0v) is 11.0. The van der Waals surface area contributed by atoms with Crippen LogP contribution in [0.5, 0.6) is 0 Å². The second kappa shape index (κ2) is 5.08. The lowest BCUT2D eigenvalue weighted by Gasteiger charge is -2.04. The number of aromatic nitrogens is 1. The lowest BCUT2D eigenvalue weighted by molar-refractivity contribution is -0.116. The van der Waals surface area contributed by atoms with Crippen LogP contribution in [0.15, 0.2) is 36.4 Å².